The van der Waals surface area contributed by atoms with E-state index in [1.165, 1.54) is 19.2 Å². The Morgan fingerprint density at radius 1 is 1.22 bits per heavy atom. The van der Waals surface area contributed by atoms with Gasteiger partial charge in [-0.05, 0) is 35.4 Å². The number of primary sulfonamides is 1. The van der Waals surface area contributed by atoms with Crippen LogP contribution in [0, 0.1) is 0 Å². The first-order valence-corrected chi connectivity index (χ1v) is 9.96. The highest BCUT2D eigenvalue weighted by atomic mass is 32.2. The molecule has 8 nitrogen and oxygen atoms in total. The van der Waals surface area contributed by atoms with Crippen LogP contribution in [0.25, 0.3) is 0 Å². The van der Waals surface area contributed by atoms with Crippen LogP contribution >= 0.6 is 0 Å². The van der Waals surface area contributed by atoms with E-state index in [4.69, 9.17) is 9.88 Å². The topological polar surface area (TPSA) is 123 Å². The maximum Gasteiger partial charge on any atom is 0.255 e. The van der Waals surface area contributed by atoms with Gasteiger partial charge in [0, 0.05) is 25.6 Å². The second kappa shape index (κ2) is 8.05. The smallest absolute Gasteiger partial charge is 0.255 e. The molecule has 27 heavy (non-hydrogen) atoms. The van der Waals surface area contributed by atoms with Crippen molar-refractivity contribution in [2.75, 3.05) is 20.2 Å². The molecule has 0 radical (unpaired) electrons. The number of amides is 1. The van der Waals surface area contributed by atoms with E-state index in [-0.39, 0.29) is 17.3 Å². The van der Waals surface area contributed by atoms with Gasteiger partial charge in [0.25, 0.3) is 5.91 Å². The molecule has 1 fully saturated rings. The molecule has 1 aliphatic heterocycles. The number of ether oxygens (including phenoxy) is 1. The molecule has 1 saturated heterocycles. The minimum atomic E-state index is -3.78. The lowest BCUT2D eigenvalue weighted by atomic mass is 9.98. The van der Waals surface area contributed by atoms with Crippen molar-refractivity contribution < 1.29 is 17.9 Å². The Kier molecular flexibility index (Phi) is 5.76. The average molecular weight is 390 g/mol. The number of hydrogen-bond donors (Lipinski definition) is 4. The SMILES string of the molecule is COc1cc(C2CNNC2)ccc1C(=O)NCc1cccc(S(N)(=O)=O)c1. The fourth-order valence-corrected chi connectivity index (χ4v) is 3.54. The molecule has 3 rings (SSSR count). The van der Waals surface area contributed by atoms with Crippen molar-refractivity contribution in [3.05, 3.63) is 59.2 Å². The summed E-state index contributed by atoms with van der Waals surface area (Å²) in [7, 11) is -2.26. The second-order valence-electron chi connectivity index (χ2n) is 6.29. The first-order valence-electron chi connectivity index (χ1n) is 8.42. The van der Waals surface area contributed by atoms with E-state index in [1.807, 2.05) is 12.1 Å². The molecular weight excluding hydrogens is 368 g/mol. The molecule has 0 atom stereocenters. The molecule has 0 aromatic heterocycles. The van der Waals surface area contributed by atoms with E-state index < -0.39 is 10.0 Å². The third-order valence-corrected chi connectivity index (χ3v) is 5.35. The standard InChI is InChI=1S/C18H22N4O4S/c1-26-17-8-13(14-10-21-22-11-14)5-6-16(17)18(23)20-9-12-3-2-4-15(7-12)27(19,24)25/h2-8,14,21-22H,9-11H2,1H3,(H,20,23)(H2,19,24,25). The van der Waals surface area contributed by atoms with Gasteiger partial charge < -0.3 is 10.1 Å². The van der Waals surface area contributed by atoms with Crippen molar-refractivity contribution in [3.8, 4) is 5.75 Å². The summed E-state index contributed by atoms with van der Waals surface area (Å²) in [6.45, 7) is 1.80. The number of nitrogens with two attached hydrogens (primary N) is 1. The summed E-state index contributed by atoms with van der Waals surface area (Å²) in [5.74, 6) is 0.509. The van der Waals surface area contributed by atoms with Gasteiger partial charge >= 0.3 is 0 Å². The number of hydrazine groups is 1. The van der Waals surface area contributed by atoms with Crippen LogP contribution in [0.2, 0.25) is 0 Å². The molecule has 1 heterocycles. The Hall–Kier alpha value is -2.46. The summed E-state index contributed by atoms with van der Waals surface area (Å²) in [4.78, 5) is 12.6. The fraction of sp³-hybridized carbons (Fsp3) is 0.278. The molecule has 9 heteroatoms. The molecule has 144 valence electrons. The number of nitrogens with one attached hydrogen (secondary N) is 3. The largest absolute Gasteiger partial charge is 0.496 e. The van der Waals surface area contributed by atoms with Crippen LogP contribution in [0.3, 0.4) is 0 Å². The van der Waals surface area contributed by atoms with Crippen molar-refractivity contribution in [1.29, 1.82) is 0 Å². The Labute approximate surface area is 158 Å². The van der Waals surface area contributed by atoms with Crippen LogP contribution in [0.15, 0.2) is 47.4 Å². The molecule has 1 aliphatic rings. The van der Waals surface area contributed by atoms with Gasteiger partial charge in [-0.25, -0.2) is 13.6 Å². The Bertz CT molecular complexity index is 940. The lowest BCUT2D eigenvalue weighted by Crippen LogP contribution is -2.24. The molecule has 2 aromatic carbocycles. The van der Waals surface area contributed by atoms with Crippen LogP contribution in [0.5, 0.6) is 5.75 Å². The first-order chi connectivity index (χ1) is 12.9. The van der Waals surface area contributed by atoms with Gasteiger partial charge in [0.15, 0.2) is 0 Å². The van der Waals surface area contributed by atoms with Crippen LogP contribution < -0.4 is 26.0 Å². The molecule has 0 unspecified atom stereocenters. The van der Waals surface area contributed by atoms with Crippen molar-refractivity contribution in [1.82, 2.24) is 16.2 Å². The number of hydrogen-bond acceptors (Lipinski definition) is 6. The highest BCUT2D eigenvalue weighted by Crippen LogP contribution is 2.25. The zero-order valence-corrected chi connectivity index (χ0v) is 15.7. The second-order valence-corrected chi connectivity index (χ2v) is 7.85. The van der Waals surface area contributed by atoms with E-state index in [0.29, 0.717) is 22.8 Å². The number of carbonyl (C=O) groups excluding carboxylic acids is 1. The van der Waals surface area contributed by atoms with Crippen LogP contribution in [0.1, 0.15) is 27.4 Å². The van der Waals surface area contributed by atoms with Gasteiger partial charge in [-0.1, -0.05) is 18.2 Å². The summed E-state index contributed by atoms with van der Waals surface area (Å²) in [6, 6.07) is 11.7. The van der Waals surface area contributed by atoms with E-state index in [2.05, 4.69) is 16.2 Å². The van der Waals surface area contributed by atoms with Crippen molar-refractivity contribution in [2.24, 2.45) is 5.14 Å². The van der Waals surface area contributed by atoms with Gasteiger partial charge in [-0.15, -0.1) is 0 Å². The number of sulfonamides is 1. The summed E-state index contributed by atoms with van der Waals surface area (Å²) in [5.41, 5.74) is 8.29. The third-order valence-electron chi connectivity index (χ3n) is 4.44. The number of methoxy groups -OCH3 is 1. The predicted molar refractivity (Wildman–Crippen MR) is 101 cm³/mol. The average Bonchev–Trinajstić information content (AvgIpc) is 3.20. The summed E-state index contributed by atoms with van der Waals surface area (Å²) >= 11 is 0. The molecule has 2 aromatic rings. The van der Waals surface area contributed by atoms with Crippen LogP contribution in [-0.2, 0) is 16.6 Å². The Morgan fingerprint density at radius 3 is 2.63 bits per heavy atom. The highest BCUT2D eigenvalue weighted by molar-refractivity contribution is 7.89. The van der Waals surface area contributed by atoms with Crippen LogP contribution in [-0.4, -0.2) is 34.5 Å². The van der Waals surface area contributed by atoms with Gasteiger partial charge in [-0.2, -0.15) is 0 Å². The highest BCUT2D eigenvalue weighted by Gasteiger charge is 2.20. The molecular formula is C18H22N4O4S. The maximum absolute atomic E-state index is 12.6. The van der Waals surface area contributed by atoms with E-state index in [9.17, 15) is 13.2 Å². The molecule has 0 saturated carbocycles. The molecule has 5 N–H and O–H groups in total. The minimum absolute atomic E-state index is 0.00923. The summed E-state index contributed by atoms with van der Waals surface area (Å²) < 4.78 is 28.3. The number of benzene rings is 2. The normalized spacial score (nSPS) is 14.9. The van der Waals surface area contributed by atoms with E-state index >= 15 is 0 Å². The van der Waals surface area contributed by atoms with Gasteiger partial charge in [0.05, 0.1) is 17.6 Å². The quantitative estimate of drug-likeness (QED) is 0.569. The number of rotatable bonds is 6. The lowest BCUT2D eigenvalue weighted by Gasteiger charge is -2.14. The van der Waals surface area contributed by atoms with Crippen molar-refractivity contribution >= 4 is 15.9 Å². The minimum Gasteiger partial charge on any atom is -0.496 e. The molecule has 0 aliphatic carbocycles. The summed E-state index contributed by atoms with van der Waals surface area (Å²) in [6.07, 6.45) is 0. The van der Waals surface area contributed by atoms with E-state index in [1.54, 1.807) is 18.2 Å². The lowest BCUT2D eigenvalue weighted by molar-refractivity contribution is 0.0948. The monoisotopic (exact) mass is 390 g/mol. The fourth-order valence-electron chi connectivity index (χ4n) is 2.96. The predicted octanol–water partition coefficient (Wildman–Crippen LogP) is 0.464. The molecule has 0 bridgehead atoms. The zero-order valence-electron chi connectivity index (χ0n) is 14.9. The van der Waals surface area contributed by atoms with E-state index in [0.717, 1.165) is 18.7 Å². The number of carbonyl (C=O) groups is 1. The van der Waals surface area contributed by atoms with Crippen LogP contribution in [0.4, 0.5) is 0 Å². The van der Waals surface area contributed by atoms with Crippen molar-refractivity contribution in [2.45, 2.75) is 17.4 Å². The van der Waals surface area contributed by atoms with Gasteiger partial charge in [0.1, 0.15) is 5.75 Å². The Morgan fingerprint density at radius 2 is 1.96 bits per heavy atom. The van der Waals surface area contributed by atoms with Gasteiger partial charge in [-0.3, -0.25) is 15.6 Å². The summed E-state index contributed by atoms with van der Waals surface area (Å²) in [5, 5.41) is 7.91. The zero-order chi connectivity index (χ0) is 19.4. The third kappa shape index (κ3) is 4.64. The van der Waals surface area contributed by atoms with Crippen molar-refractivity contribution in [3.63, 3.8) is 0 Å². The first kappa shape index (κ1) is 19.3. The molecule has 1 amide bonds. The maximum atomic E-state index is 12.6. The van der Waals surface area contributed by atoms with Gasteiger partial charge in [0.2, 0.25) is 10.0 Å². The molecule has 0 spiro atoms. The Balaban J connectivity index is 1.72.